The van der Waals surface area contributed by atoms with Crippen LogP contribution in [0.3, 0.4) is 0 Å². The molecule has 0 spiro atoms. The van der Waals surface area contributed by atoms with E-state index in [1.807, 2.05) is 6.07 Å². The van der Waals surface area contributed by atoms with Gasteiger partial charge in [0, 0.05) is 4.47 Å². The van der Waals surface area contributed by atoms with Gasteiger partial charge < -0.3 is 5.32 Å². The summed E-state index contributed by atoms with van der Waals surface area (Å²) in [7, 11) is 0. The van der Waals surface area contributed by atoms with Crippen LogP contribution < -0.4 is 5.32 Å². The largest absolute Gasteiger partial charge is 0.316 e. The van der Waals surface area contributed by atoms with Crippen molar-refractivity contribution in [2.45, 2.75) is 19.3 Å². The van der Waals surface area contributed by atoms with Crippen molar-refractivity contribution in [1.29, 1.82) is 0 Å². The van der Waals surface area contributed by atoms with Crippen molar-refractivity contribution >= 4 is 27.5 Å². The first-order chi connectivity index (χ1) is 7.18. The molecule has 0 bridgehead atoms. The highest BCUT2D eigenvalue weighted by atomic mass is 79.9. The van der Waals surface area contributed by atoms with Gasteiger partial charge in [0.15, 0.2) is 0 Å². The van der Waals surface area contributed by atoms with Crippen molar-refractivity contribution in [2.24, 2.45) is 5.92 Å². The summed E-state index contributed by atoms with van der Waals surface area (Å²) in [5.41, 5.74) is 1.40. The molecule has 0 radical (unpaired) electrons. The van der Waals surface area contributed by atoms with Gasteiger partial charge in [0.2, 0.25) is 0 Å². The van der Waals surface area contributed by atoms with Crippen LogP contribution in [0.15, 0.2) is 22.7 Å². The van der Waals surface area contributed by atoms with E-state index in [4.69, 9.17) is 11.6 Å². The Bertz CT molecular complexity index is 353. The molecule has 2 atom stereocenters. The first-order valence-electron chi connectivity index (χ1n) is 5.34. The smallest absolute Gasteiger partial charge is 0.0548 e. The number of piperidine rings is 1. The molecular formula is C12H15BrClN. The Kier molecular flexibility index (Phi) is 3.70. The van der Waals surface area contributed by atoms with Crippen LogP contribution in [0.2, 0.25) is 5.02 Å². The van der Waals surface area contributed by atoms with Gasteiger partial charge in [-0.1, -0.05) is 24.6 Å². The Morgan fingerprint density at radius 1 is 1.47 bits per heavy atom. The minimum atomic E-state index is 0.666. The normalized spacial score (nSPS) is 26.6. The van der Waals surface area contributed by atoms with Crippen molar-refractivity contribution in [2.75, 3.05) is 13.1 Å². The lowest BCUT2D eigenvalue weighted by atomic mass is 9.82. The van der Waals surface area contributed by atoms with E-state index >= 15 is 0 Å². The summed E-state index contributed by atoms with van der Waals surface area (Å²) in [5, 5.41) is 4.21. The molecule has 1 aromatic rings. The second-order valence-electron chi connectivity index (χ2n) is 4.25. The molecule has 0 saturated carbocycles. The summed E-state index contributed by atoms with van der Waals surface area (Å²) in [6.07, 6.45) is 1.22. The second kappa shape index (κ2) is 4.86. The molecule has 1 fully saturated rings. The predicted octanol–water partition coefficient (Wildman–Crippen LogP) is 3.82. The van der Waals surface area contributed by atoms with Crippen LogP contribution in [-0.4, -0.2) is 13.1 Å². The van der Waals surface area contributed by atoms with Crippen molar-refractivity contribution in [1.82, 2.24) is 5.32 Å². The zero-order valence-corrected chi connectivity index (χ0v) is 11.1. The third kappa shape index (κ3) is 2.55. The zero-order chi connectivity index (χ0) is 10.8. The van der Waals surface area contributed by atoms with E-state index in [2.05, 4.69) is 40.3 Å². The first kappa shape index (κ1) is 11.4. The van der Waals surface area contributed by atoms with Gasteiger partial charge in [0.05, 0.1) is 5.02 Å². The maximum absolute atomic E-state index is 6.00. The average Bonchev–Trinajstić information content (AvgIpc) is 2.23. The van der Waals surface area contributed by atoms with Gasteiger partial charge in [-0.15, -0.1) is 0 Å². The molecule has 0 amide bonds. The molecule has 2 rings (SSSR count). The summed E-state index contributed by atoms with van der Waals surface area (Å²) in [6, 6.07) is 6.30. The number of rotatable bonds is 1. The summed E-state index contributed by atoms with van der Waals surface area (Å²) in [5.74, 6) is 1.37. The second-order valence-corrected chi connectivity index (χ2v) is 5.51. The minimum absolute atomic E-state index is 0.666. The summed E-state index contributed by atoms with van der Waals surface area (Å²) in [6.45, 7) is 4.54. The molecule has 2 unspecified atom stereocenters. The monoisotopic (exact) mass is 287 g/mol. The van der Waals surface area contributed by atoms with E-state index in [0.717, 1.165) is 22.6 Å². The standard InChI is InChI=1S/C12H15BrClN/c1-8-7-15-5-4-10(8)9-2-3-12(14)11(13)6-9/h2-3,6,8,10,15H,4-5,7H2,1H3. The predicted molar refractivity (Wildman–Crippen MR) is 68.5 cm³/mol. The minimum Gasteiger partial charge on any atom is -0.316 e. The highest BCUT2D eigenvalue weighted by Crippen LogP contribution is 2.33. The van der Waals surface area contributed by atoms with Crippen molar-refractivity contribution in [3.8, 4) is 0 Å². The topological polar surface area (TPSA) is 12.0 Å². The highest BCUT2D eigenvalue weighted by molar-refractivity contribution is 9.10. The summed E-state index contributed by atoms with van der Waals surface area (Å²) < 4.78 is 1.01. The van der Waals surface area contributed by atoms with E-state index in [0.29, 0.717) is 11.8 Å². The molecule has 1 aromatic carbocycles. The Balaban J connectivity index is 2.24. The van der Waals surface area contributed by atoms with Gasteiger partial charge >= 0.3 is 0 Å². The number of nitrogens with one attached hydrogen (secondary N) is 1. The van der Waals surface area contributed by atoms with E-state index in [1.165, 1.54) is 12.0 Å². The Morgan fingerprint density at radius 2 is 2.27 bits per heavy atom. The zero-order valence-electron chi connectivity index (χ0n) is 8.76. The van der Waals surface area contributed by atoms with Crippen molar-refractivity contribution in [3.63, 3.8) is 0 Å². The van der Waals surface area contributed by atoms with Gasteiger partial charge in [-0.25, -0.2) is 0 Å². The quantitative estimate of drug-likeness (QED) is 0.828. The molecule has 0 aliphatic carbocycles. The number of hydrogen-bond acceptors (Lipinski definition) is 1. The van der Waals surface area contributed by atoms with E-state index in [1.54, 1.807) is 0 Å². The van der Waals surface area contributed by atoms with Gasteiger partial charge in [-0.2, -0.15) is 0 Å². The van der Waals surface area contributed by atoms with Crippen LogP contribution in [-0.2, 0) is 0 Å². The van der Waals surface area contributed by atoms with Gasteiger partial charge in [0.1, 0.15) is 0 Å². The number of hydrogen-bond donors (Lipinski definition) is 1. The molecule has 15 heavy (non-hydrogen) atoms. The molecule has 1 heterocycles. The Labute approximate surface area is 104 Å². The highest BCUT2D eigenvalue weighted by Gasteiger charge is 2.22. The van der Waals surface area contributed by atoms with Crippen LogP contribution in [0.25, 0.3) is 0 Å². The maximum Gasteiger partial charge on any atom is 0.0548 e. The number of benzene rings is 1. The third-order valence-electron chi connectivity index (χ3n) is 3.16. The van der Waals surface area contributed by atoms with Crippen LogP contribution in [0.5, 0.6) is 0 Å². The van der Waals surface area contributed by atoms with Gasteiger partial charge in [-0.3, -0.25) is 0 Å². The molecule has 1 nitrogen and oxygen atoms in total. The lowest BCUT2D eigenvalue weighted by Crippen LogP contribution is -2.33. The molecule has 1 aliphatic heterocycles. The van der Waals surface area contributed by atoms with Crippen molar-refractivity contribution in [3.05, 3.63) is 33.3 Å². The van der Waals surface area contributed by atoms with Crippen LogP contribution in [0.4, 0.5) is 0 Å². The van der Waals surface area contributed by atoms with E-state index < -0.39 is 0 Å². The summed E-state index contributed by atoms with van der Waals surface area (Å²) in [4.78, 5) is 0. The molecule has 3 heteroatoms. The average molecular weight is 289 g/mol. The fourth-order valence-corrected chi connectivity index (χ4v) is 2.77. The van der Waals surface area contributed by atoms with E-state index in [9.17, 15) is 0 Å². The fraction of sp³-hybridized carbons (Fsp3) is 0.500. The molecule has 1 aliphatic rings. The molecule has 82 valence electrons. The lowest BCUT2D eigenvalue weighted by Gasteiger charge is -2.30. The SMILES string of the molecule is CC1CNCCC1c1ccc(Cl)c(Br)c1. The van der Waals surface area contributed by atoms with Gasteiger partial charge in [0.25, 0.3) is 0 Å². The first-order valence-corrected chi connectivity index (χ1v) is 6.51. The molecule has 0 aromatic heterocycles. The maximum atomic E-state index is 6.00. The van der Waals surface area contributed by atoms with Gasteiger partial charge in [-0.05, 0) is 65.0 Å². The molecular weight excluding hydrogens is 273 g/mol. The number of halogens is 2. The van der Waals surface area contributed by atoms with E-state index in [-0.39, 0.29) is 0 Å². The Morgan fingerprint density at radius 3 is 2.93 bits per heavy atom. The van der Waals surface area contributed by atoms with Crippen LogP contribution in [0, 0.1) is 5.92 Å². The third-order valence-corrected chi connectivity index (χ3v) is 4.37. The molecule has 1 saturated heterocycles. The lowest BCUT2D eigenvalue weighted by molar-refractivity contribution is 0.349. The van der Waals surface area contributed by atoms with Crippen molar-refractivity contribution < 1.29 is 0 Å². The Hall–Kier alpha value is -0.0500. The van der Waals surface area contributed by atoms with Crippen LogP contribution >= 0.6 is 27.5 Å². The molecule has 1 N–H and O–H groups in total. The van der Waals surface area contributed by atoms with Crippen LogP contribution in [0.1, 0.15) is 24.8 Å². The fourth-order valence-electron chi connectivity index (χ4n) is 2.25. The summed E-state index contributed by atoms with van der Waals surface area (Å²) >= 11 is 9.48.